The van der Waals surface area contributed by atoms with Crippen molar-refractivity contribution in [1.82, 2.24) is 14.8 Å². The van der Waals surface area contributed by atoms with Gasteiger partial charge in [0.25, 0.3) is 0 Å². The number of benzene rings is 1. The number of hydrogen-bond acceptors (Lipinski definition) is 4. The summed E-state index contributed by atoms with van der Waals surface area (Å²) < 4.78 is 0. The monoisotopic (exact) mass is 446 g/mol. The Kier molecular flexibility index (Phi) is 12.3. The molecule has 1 aromatic heterocycles. The summed E-state index contributed by atoms with van der Waals surface area (Å²) in [5.41, 5.74) is 8.42. The molecule has 2 aromatic rings. The lowest BCUT2D eigenvalue weighted by atomic mass is 10.0. The van der Waals surface area contributed by atoms with E-state index in [9.17, 15) is 4.79 Å². The highest BCUT2D eigenvalue weighted by Gasteiger charge is 2.25. The fourth-order valence-corrected chi connectivity index (χ4v) is 3.33. The number of nitrogens with zero attached hydrogens (tertiary/aromatic N) is 3. The third kappa shape index (κ3) is 6.90. The van der Waals surface area contributed by atoms with Crippen LogP contribution in [-0.2, 0) is 4.79 Å². The van der Waals surface area contributed by atoms with Gasteiger partial charge in [0.15, 0.2) is 0 Å². The van der Waals surface area contributed by atoms with Crippen molar-refractivity contribution in [1.29, 1.82) is 0 Å². The zero-order valence-corrected chi connectivity index (χ0v) is 18.4. The van der Waals surface area contributed by atoms with E-state index >= 15 is 0 Å². The molecule has 8 heteroatoms. The largest absolute Gasteiger partial charge is 0.340 e. The lowest BCUT2D eigenvalue weighted by molar-refractivity contribution is -0.133. The summed E-state index contributed by atoms with van der Waals surface area (Å²) in [5, 5.41) is 0. The van der Waals surface area contributed by atoms with Crippen LogP contribution in [0.5, 0.6) is 0 Å². The Bertz CT molecular complexity index is 682. The minimum Gasteiger partial charge on any atom is -0.340 e. The third-order valence-electron chi connectivity index (χ3n) is 5.00. The molecule has 1 aliphatic rings. The number of amides is 1. The van der Waals surface area contributed by atoms with Crippen LogP contribution in [0, 0.1) is 0 Å². The van der Waals surface area contributed by atoms with Crippen LogP contribution in [0.25, 0.3) is 0 Å². The van der Waals surface area contributed by atoms with E-state index < -0.39 is 0 Å². The van der Waals surface area contributed by atoms with Gasteiger partial charge in [0.1, 0.15) is 0 Å². The molecule has 0 bridgehead atoms. The van der Waals surface area contributed by atoms with E-state index in [-0.39, 0.29) is 49.2 Å². The van der Waals surface area contributed by atoms with E-state index in [1.54, 1.807) is 6.20 Å². The van der Waals surface area contributed by atoms with Crippen molar-refractivity contribution in [3.8, 4) is 0 Å². The maximum atomic E-state index is 12.5. The van der Waals surface area contributed by atoms with Crippen LogP contribution in [0.15, 0.2) is 54.9 Å². The molecule has 1 aliphatic heterocycles. The van der Waals surface area contributed by atoms with Crippen LogP contribution < -0.4 is 5.73 Å². The Morgan fingerprint density at radius 3 is 2.18 bits per heavy atom. The molecule has 1 saturated heterocycles. The molecule has 2 N–H and O–H groups in total. The zero-order valence-electron chi connectivity index (χ0n) is 15.9. The molecule has 156 valence electrons. The summed E-state index contributed by atoms with van der Waals surface area (Å²) in [4.78, 5) is 21.1. The van der Waals surface area contributed by atoms with E-state index in [0.29, 0.717) is 12.5 Å². The maximum Gasteiger partial charge on any atom is 0.224 e. The van der Waals surface area contributed by atoms with Gasteiger partial charge in [-0.25, -0.2) is 0 Å². The number of carbonyl (C=O) groups excluding carboxylic acids is 1. The number of rotatable bonds is 5. The minimum atomic E-state index is -0.235. The Morgan fingerprint density at radius 2 is 1.61 bits per heavy atom. The minimum absolute atomic E-state index is 0. The van der Waals surface area contributed by atoms with Gasteiger partial charge < -0.3 is 10.6 Å². The third-order valence-corrected chi connectivity index (χ3v) is 5.00. The Morgan fingerprint density at radius 1 is 1.00 bits per heavy atom. The molecule has 0 saturated carbocycles. The molecule has 0 spiro atoms. The molecule has 1 aromatic carbocycles. The van der Waals surface area contributed by atoms with Crippen molar-refractivity contribution in [2.24, 2.45) is 5.73 Å². The van der Waals surface area contributed by atoms with Gasteiger partial charge in [-0.1, -0.05) is 36.4 Å². The standard InChI is InChI=1S/C20H26N4O.3ClH/c1-16(18-8-5-9-22-15-18)23-10-12-24(13-11-23)20(25)14-19(21)17-6-3-2-4-7-17;;;/h2-9,15-16,19H,10-14,21H2,1H3;3*1H. The summed E-state index contributed by atoms with van der Waals surface area (Å²) in [6, 6.07) is 14.0. The second-order valence-corrected chi connectivity index (χ2v) is 6.60. The highest BCUT2D eigenvalue weighted by atomic mass is 35.5. The predicted octanol–water partition coefficient (Wildman–Crippen LogP) is 3.64. The Hall–Kier alpha value is -1.37. The lowest BCUT2D eigenvalue weighted by Crippen LogP contribution is -2.49. The van der Waals surface area contributed by atoms with Gasteiger partial charge in [-0.15, -0.1) is 37.2 Å². The van der Waals surface area contributed by atoms with Crippen molar-refractivity contribution in [2.45, 2.75) is 25.4 Å². The summed E-state index contributed by atoms with van der Waals surface area (Å²) in [6.07, 6.45) is 4.08. The fraction of sp³-hybridized carbons (Fsp3) is 0.400. The van der Waals surface area contributed by atoms with Crippen LogP contribution in [0.3, 0.4) is 0 Å². The first-order chi connectivity index (χ1) is 12.1. The first kappa shape index (κ1) is 26.6. The van der Waals surface area contributed by atoms with Crippen LogP contribution >= 0.6 is 37.2 Å². The van der Waals surface area contributed by atoms with Crippen molar-refractivity contribution in [3.63, 3.8) is 0 Å². The predicted molar refractivity (Wildman–Crippen MR) is 121 cm³/mol. The molecule has 28 heavy (non-hydrogen) atoms. The van der Waals surface area contributed by atoms with Gasteiger partial charge in [-0.2, -0.15) is 0 Å². The molecular weight excluding hydrogens is 419 g/mol. The second kappa shape index (κ2) is 13.0. The second-order valence-electron chi connectivity index (χ2n) is 6.60. The van der Waals surface area contributed by atoms with Gasteiger partial charge in [0.05, 0.1) is 0 Å². The van der Waals surface area contributed by atoms with Gasteiger partial charge in [0, 0.05) is 57.1 Å². The molecule has 3 rings (SSSR count). The van der Waals surface area contributed by atoms with Gasteiger partial charge in [0.2, 0.25) is 5.91 Å². The Labute approximate surface area is 185 Å². The van der Waals surface area contributed by atoms with Crippen molar-refractivity contribution >= 4 is 43.1 Å². The number of nitrogens with two attached hydrogens (primary N) is 1. The smallest absolute Gasteiger partial charge is 0.224 e. The quantitative estimate of drug-likeness (QED) is 0.760. The number of carbonyl (C=O) groups is 1. The summed E-state index contributed by atoms with van der Waals surface area (Å²) in [6.45, 7) is 5.46. The molecule has 5 nitrogen and oxygen atoms in total. The highest BCUT2D eigenvalue weighted by Crippen LogP contribution is 2.21. The summed E-state index contributed by atoms with van der Waals surface area (Å²) in [5.74, 6) is 0.144. The molecular formula is C20H29Cl3N4O. The summed E-state index contributed by atoms with van der Waals surface area (Å²) in [7, 11) is 0. The Balaban J connectivity index is 0.00000243. The molecule has 1 fully saturated rings. The summed E-state index contributed by atoms with van der Waals surface area (Å²) >= 11 is 0. The van der Waals surface area contributed by atoms with E-state index in [4.69, 9.17) is 5.73 Å². The van der Waals surface area contributed by atoms with Crippen LogP contribution in [-0.4, -0.2) is 46.9 Å². The van der Waals surface area contributed by atoms with Crippen molar-refractivity contribution in [3.05, 3.63) is 66.0 Å². The zero-order chi connectivity index (χ0) is 17.6. The fourth-order valence-electron chi connectivity index (χ4n) is 3.33. The number of hydrogen-bond donors (Lipinski definition) is 1. The average molecular weight is 448 g/mol. The number of aromatic nitrogens is 1. The number of halogens is 3. The first-order valence-electron chi connectivity index (χ1n) is 8.87. The molecule has 2 unspecified atom stereocenters. The van der Waals surface area contributed by atoms with Crippen molar-refractivity contribution in [2.75, 3.05) is 26.2 Å². The average Bonchev–Trinajstić information content (AvgIpc) is 2.69. The molecule has 0 radical (unpaired) electrons. The van der Waals surface area contributed by atoms with Gasteiger partial charge in [-0.3, -0.25) is 14.7 Å². The lowest BCUT2D eigenvalue weighted by Gasteiger charge is -2.38. The first-order valence-corrected chi connectivity index (χ1v) is 8.87. The van der Waals surface area contributed by atoms with Crippen LogP contribution in [0.2, 0.25) is 0 Å². The van der Waals surface area contributed by atoms with Crippen LogP contribution in [0.1, 0.15) is 36.6 Å². The van der Waals surface area contributed by atoms with E-state index in [0.717, 1.165) is 31.7 Å². The van der Waals surface area contributed by atoms with Gasteiger partial charge >= 0.3 is 0 Å². The number of piperazine rings is 1. The molecule has 2 atom stereocenters. The van der Waals surface area contributed by atoms with Crippen molar-refractivity contribution < 1.29 is 4.79 Å². The normalized spacial score (nSPS) is 16.0. The molecule has 2 heterocycles. The van der Waals surface area contributed by atoms with E-state index in [2.05, 4.69) is 22.9 Å². The maximum absolute atomic E-state index is 12.5. The van der Waals surface area contributed by atoms with Gasteiger partial charge in [-0.05, 0) is 24.1 Å². The SMILES string of the molecule is CC(c1cccnc1)N1CCN(C(=O)CC(N)c2ccccc2)CC1.Cl.Cl.Cl. The molecule has 1 amide bonds. The van der Waals surface area contributed by atoms with Crippen LogP contribution in [0.4, 0.5) is 0 Å². The topological polar surface area (TPSA) is 62.5 Å². The van der Waals surface area contributed by atoms with E-state index in [1.165, 1.54) is 5.56 Å². The molecule has 0 aliphatic carbocycles. The number of pyridine rings is 1. The highest BCUT2D eigenvalue weighted by molar-refractivity contribution is 5.86. The van der Waals surface area contributed by atoms with E-state index in [1.807, 2.05) is 47.5 Å².